The van der Waals surface area contributed by atoms with E-state index in [1.165, 1.54) is 12.1 Å². The Labute approximate surface area is 112 Å². The minimum Gasteiger partial charge on any atom is -0.380 e. The van der Waals surface area contributed by atoms with Crippen molar-refractivity contribution >= 4 is 5.91 Å². The monoisotopic (exact) mass is 266 g/mol. The number of carbonyl (C=O) groups is 1. The van der Waals surface area contributed by atoms with Crippen LogP contribution >= 0.6 is 0 Å². The van der Waals surface area contributed by atoms with Gasteiger partial charge in [0.15, 0.2) is 0 Å². The molecule has 19 heavy (non-hydrogen) atoms. The Bertz CT molecular complexity index is 453. The summed E-state index contributed by atoms with van der Waals surface area (Å²) in [6.45, 7) is 5.23. The Morgan fingerprint density at radius 2 is 2.37 bits per heavy atom. The van der Waals surface area contributed by atoms with Gasteiger partial charge in [0.25, 0.3) is 0 Å². The van der Waals surface area contributed by atoms with E-state index in [-0.39, 0.29) is 30.5 Å². The van der Waals surface area contributed by atoms with Crippen molar-refractivity contribution in [1.29, 1.82) is 0 Å². The fourth-order valence-electron chi connectivity index (χ4n) is 2.34. The highest BCUT2D eigenvalue weighted by molar-refractivity contribution is 5.81. The molecule has 1 N–H and O–H groups in total. The Hall–Kier alpha value is -1.46. The standard InChI is InChI=1S/C14H19FN2O2/c1-3-19-9-10(2)17-13(18)8-16-14(17)11-5-4-6-12(15)7-11/h4-7,10,14,16H,3,8-9H2,1-2H3. The quantitative estimate of drug-likeness (QED) is 0.881. The highest BCUT2D eigenvalue weighted by atomic mass is 19.1. The Morgan fingerprint density at radius 3 is 3.05 bits per heavy atom. The van der Waals surface area contributed by atoms with Crippen LogP contribution < -0.4 is 5.32 Å². The van der Waals surface area contributed by atoms with E-state index in [1.807, 2.05) is 19.9 Å². The summed E-state index contributed by atoms with van der Waals surface area (Å²) in [5, 5.41) is 3.11. The van der Waals surface area contributed by atoms with Gasteiger partial charge in [-0.2, -0.15) is 0 Å². The third-order valence-corrected chi connectivity index (χ3v) is 3.22. The lowest BCUT2D eigenvalue weighted by molar-refractivity contribution is -0.131. The first kappa shape index (κ1) is 14.0. The lowest BCUT2D eigenvalue weighted by Gasteiger charge is -2.30. The predicted molar refractivity (Wildman–Crippen MR) is 69.9 cm³/mol. The van der Waals surface area contributed by atoms with Gasteiger partial charge in [-0.05, 0) is 31.5 Å². The minimum absolute atomic E-state index is 0.0152. The van der Waals surface area contributed by atoms with Crippen LogP contribution in [0.25, 0.3) is 0 Å². The molecule has 2 unspecified atom stereocenters. The van der Waals surface area contributed by atoms with E-state index in [2.05, 4.69) is 5.32 Å². The molecule has 0 bridgehead atoms. The lowest BCUT2D eigenvalue weighted by Crippen LogP contribution is -2.40. The second kappa shape index (κ2) is 6.12. The second-order valence-corrected chi connectivity index (χ2v) is 4.65. The molecule has 0 spiro atoms. The normalized spacial score (nSPS) is 20.9. The zero-order valence-corrected chi connectivity index (χ0v) is 11.2. The SMILES string of the molecule is CCOCC(C)N1C(=O)CNC1c1cccc(F)c1. The molecule has 0 saturated carbocycles. The van der Waals surface area contributed by atoms with Crippen molar-refractivity contribution in [3.05, 3.63) is 35.6 Å². The molecule has 104 valence electrons. The molecule has 2 atom stereocenters. The van der Waals surface area contributed by atoms with Crippen molar-refractivity contribution in [2.24, 2.45) is 0 Å². The van der Waals surface area contributed by atoms with Crippen LogP contribution in [0.5, 0.6) is 0 Å². The fraction of sp³-hybridized carbons (Fsp3) is 0.500. The fourth-order valence-corrected chi connectivity index (χ4v) is 2.34. The maximum Gasteiger partial charge on any atom is 0.238 e. The van der Waals surface area contributed by atoms with Gasteiger partial charge in [0.1, 0.15) is 12.0 Å². The molecule has 1 heterocycles. The number of rotatable bonds is 5. The van der Waals surface area contributed by atoms with Gasteiger partial charge in [0.05, 0.1) is 19.2 Å². The molecule has 1 amide bonds. The molecule has 5 heteroatoms. The van der Waals surface area contributed by atoms with Crippen molar-refractivity contribution in [2.75, 3.05) is 19.8 Å². The van der Waals surface area contributed by atoms with E-state index in [0.29, 0.717) is 13.2 Å². The van der Waals surface area contributed by atoms with Gasteiger partial charge in [0, 0.05) is 6.61 Å². The van der Waals surface area contributed by atoms with Gasteiger partial charge >= 0.3 is 0 Å². The molecule has 1 saturated heterocycles. The van der Waals surface area contributed by atoms with Crippen molar-refractivity contribution in [2.45, 2.75) is 26.1 Å². The first-order valence-corrected chi connectivity index (χ1v) is 6.51. The third-order valence-electron chi connectivity index (χ3n) is 3.22. The maximum atomic E-state index is 13.3. The number of hydrogen-bond acceptors (Lipinski definition) is 3. The van der Waals surface area contributed by atoms with Crippen LogP contribution in [0.2, 0.25) is 0 Å². The van der Waals surface area contributed by atoms with Crippen molar-refractivity contribution in [3.63, 3.8) is 0 Å². The number of ether oxygens (including phenoxy) is 1. The summed E-state index contributed by atoms with van der Waals surface area (Å²) >= 11 is 0. The van der Waals surface area contributed by atoms with E-state index in [4.69, 9.17) is 4.74 Å². The highest BCUT2D eigenvalue weighted by Crippen LogP contribution is 2.25. The largest absolute Gasteiger partial charge is 0.380 e. The van der Waals surface area contributed by atoms with Gasteiger partial charge in [-0.3, -0.25) is 10.1 Å². The summed E-state index contributed by atoms with van der Waals surface area (Å²) in [5.41, 5.74) is 0.759. The lowest BCUT2D eigenvalue weighted by atomic mass is 10.1. The number of benzene rings is 1. The number of nitrogens with zero attached hydrogens (tertiary/aromatic N) is 1. The molecule has 1 aromatic carbocycles. The second-order valence-electron chi connectivity index (χ2n) is 4.65. The molecule has 1 aliphatic heterocycles. The molecule has 1 aliphatic rings. The van der Waals surface area contributed by atoms with Crippen LogP contribution in [-0.2, 0) is 9.53 Å². The molecular weight excluding hydrogens is 247 g/mol. The van der Waals surface area contributed by atoms with Gasteiger partial charge in [-0.25, -0.2) is 4.39 Å². The Balaban J connectivity index is 2.17. The molecule has 0 aromatic heterocycles. The summed E-state index contributed by atoms with van der Waals surface area (Å²) in [5.74, 6) is -0.280. The van der Waals surface area contributed by atoms with Gasteiger partial charge in [-0.1, -0.05) is 12.1 Å². The van der Waals surface area contributed by atoms with Crippen LogP contribution in [0, 0.1) is 5.82 Å². The van der Waals surface area contributed by atoms with Gasteiger partial charge < -0.3 is 9.64 Å². The topological polar surface area (TPSA) is 41.6 Å². The maximum absolute atomic E-state index is 13.3. The van der Waals surface area contributed by atoms with E-state index in [9.17, 15) is 9.18 Å². The smallest absolute Gasteiger partial charge is 0.238 e. The molecule has 0 aliphatic carbocycles. The first-order chi connectivity index (χ1) is 9.13. The molecule has 1 aromatic rings. The summed E-state index contributed by atoms with van der Waals surface area (Å²) in [7, 11) is 0. The van der Waals surface area contributed by atoms with Gasteiger partial charge in [0.2, 0.25) is 5.91 Å². The van der Waals surface area contributed by atoms with Crippen LogP contribution in [0.1, 0.15) is 25.6 Å². The van der Waals surface area contributed by atoms with Gasteiger partial charge in [-0.15, -0.1) is 0 Å². The molecule has 0 radical (unpaired) electrons. The zero-order chi connectivity index (χ0) is 13.8. The van der Waals surface area contributed by atoms with E-state index >= 15 is 0 Å². The van der Waals surface area contributed by atoms with Crippen LogP contribution in [0.3, 0.4) is 0 Å². The molecule has 4 nitrogen and oxygen atoms in total. The van der Waals surface area contributed by atoms with Crippen LogP contribution in [0.15, 0.2) is 24.3 Å². The van der Waals surface area contributed by atoms with E-state index in [0.717, 1.165) is 5.56 Å². The zero-order valence-electron chi connectivity index (χ0n) is 11.2. The minimum atomic E-state index is -0.295. The van der Waals surface area contributed by atoms with Crippen LogP contribution in [0.4, 0.5) is 4.39 Å². The van der Waals surface area contributed by atoms with Crippen molar-refractivity contribution < 1.29 is 13.9 Å². The molecule has 2 rings (SSSR count). The average Bonchev–Trinajstić information content (AvgIpc) is 2.78. The molecule has 1 fully saturated rings. The third kappa shape index (κ3) is 3.11. The Morgan fingerprint density at radius 1 is 1.58 bits per heavy atom. The number of amides is 1. The van der Waals surface area contributed by atoms with E-state index < -0.39 is 0 Å². The van der Waals surface area contributed by atoms with Crippen molar-refractivity contribution in [1.82, 2.24) is 10.2 Å². The van der Waals surface area contributed by atoms with Crippen molar-refractivity contribution in [3.8, 4) is 0 Å². The van der Waals surface area contributed by atoms with Crippen LogP contribution in [-0.4, -0.2) is 36.6 Å². The summed E-state index contributed by atoms with van der Waals surface area (Å²) in [4.78, 5) is 13.7. The Kier molecular flexibility index (Phi) is 4.50. The summed E-state index contributed by atoms with van der Waals surface area (Å²) in [6.07, 6.45) is -0.279. The number of carbonyl (C=O) groups excluding carboxylic acids is 1. The number of halogens is 1. The number of hydrogen-bond donors (Lipinski definition) is 1. The average molecular weight is 266 g/mol. The first-order valence-electron chi connectivity index (χ1n) is 6.51. The summed E-state index contributed by atoms with van der Waals surface area (Å²) in [6, 6.07) is 6.28. The molecular formula is C14H19FN2O2. The summed E-state index contributed by atoms with van der Waals surface area (Å²) < 4.78 is 18.7. The van der Waals surface area contributed by atoms with E-state index in [1.54, 1.807) is 11.0 Å². The predicted octanol–water partition coefficient (Wildman–Crippen LogP) is 1.68. The highest BCUT2D eigenvalue weighted by Gasteiger charge is 2.35. The number of nitrogens with one attached hydrogen (secondary N) is 1.